The van der Waals surface area contributed by atoms with Crippen molar-refractivity contribution < 1.29 is 9.53 Å². The third-order valence-corrected chi connectivity index (χ3v) is 8.81. The van der Waals surface area contributed by atoms with Crippen LogP contribution in [0.3, 0.4) is 0 Å². The lowest BCUT2D eigenvalue weighted by atomic mass is 9.95. The van der Waals surface area contributed by atoms with Crippen LogP contribution in [-0.4, -0.2) is 22.2 Å². The van der Waals surface area contributed by atoms with E-state index in [1.165, 1.54) is 18.4 Å². The molecule has 0 aliphatic carbocycles. The van der Waals surface area contributed by atoms with Crippen LogP contribution in [0.15, 0.2) is 99.9 Å². The van der Waals surface area contributed by atoms with Gasteiger partial charge in [0.15, 0.2) is 4.80 Å². The van der Waals surface area contributed by atoms with Gasteiger partial charge in [-0.25, -0.2) is 9.79 Å². The minimum absolute atomic E-state index is 0.187. The average molecular weight is 582 g/mol. The number of fused-ring (bicyclic) bond motifs is 2. The van der Waals surface area contributed by atoms with E-state index in [-0.39, 0.29) is 5.56 Å². The number of hydrogen-bond donors (Lipinski definition) is 0. The summed E-state index contributed by atoms with van der Waals surface area (Å²) < 4.78 is 9.63. The third-order valence-electron chi connectivity index (χ3n) is 7.57. The highest BCUT2D eigenvalue weighted by Gasteiger charge is 2.33. The summed E-state index contributed by atoms with van der Waals surface area (Å²) in [6, 6.07) is 25.0. The summed E-state index contributed by atoms with van der Waals surface area (Å²) in [5, 5.41) is 1.77. The van der Waals surface area contributed by atoms with Gasteiger partial charge in [-0.1, -0.05) is 90.5 Å². The number of hydrogen-bond acceptors (Lipinski definition) is 5. The topological polar surface area (TPSA) is 65.6 Å². The molecule has 0 spiro atoms. The number of methoxy groups -OCH3 is 1. The first-order valence-corrected chi connectivity index (χ1v) is 14.6. The van der Waals surface area contributed by atoms with Gasteiger partial charge in [0.05, 0.1) is 29.0 Å². The lowest BCUT2D eigenvalue weighted by molar-refractivity contribution is -0.136. The summed E-state index contributed by atoms with van der Waals surface area (Å²) in [6.07, 6.45) is 2.51. The molecule has 1 aliphatic heterocycles. The zero-order valence-corrected chi connectivity index (χ0v) is 24.5. The second-order valence-corrected chi connectivity index (χ2v) is 11.4. The summed E-state index contributed by atoms with van der Waals surface area (Å²) in [4.78, 5) is 32.5. The highest BCUT2D eigenvalue weighted by atomic mass is 35.5. The van der Waals surface area contributed by atoms with Crippen LogP contribution in [0.4, 0.5) is 0 Å². The summed E-state index contributed by atoms with van der Waals surface area (Å²) in [5.74, 6) is -0.477. The lowest BCUT2D eigenvalue weighted by Gasteiger charge is -2.25. The Kier molecular flexibility index (Phi) is 7.24. The lowest BCUT2D eigenvalue weighted by Crippen LogP contribution is -2.40. The SMILES string of the molecule is CCC1=C(C(=O)OC)[C@H](c2ccccc2)n2c(s/c(=C\c3c(C)n(Cc4ccc(Cl)cc4)c4ccccc34)c2=O)=N1. The maximum Gasteiger partial charge on any atom is 0.338 e. The van der Waals surface area contributed by atoms with Crippen molar-refractivity contribution in [3.63, 3.8) is 0 Å². The van der Waals surface area contributed by atoms with E-state index in [2.05, 4.69) is 23.6 Å². The molecule has 0 saturated carbocycles. The number of esters is 1. The van der Waals surface area contributed by atoms with Crippen molar-refractivity contribution in [3.8, 4) is 0 Å². The molecule has 3 heterocycles. The molecular weight excluding hydrogens is 554 g/mol. The Labute approximate surface area is 246 Å². The Morgan fingerprint density at radius 2 is 1.76 bits per heavy atom. The molecule has 6 rings (SSSR count). The smallest absolute Gasteiger partial charge is 0.338 e. The fourth-order valence-corrected chi connectivity index (χ4v) is 6.69. The van der Waals surface area contributed by atoms with E-state index in [9.17, 15) is 9.59 Å². The number of halogens is 1. The first kappa shape index (κ1) is 27.0. The molecule has 8 heteroatoms. The van der Waals surface area contributed by atoms with Crippen molar-refractivity contribution in [1.82, 2.24) is 9.13 Å². The van der Waals surface area contributed by atoms with Gasteiger partial charge in [0, 0.05) is 33.7 Å². The molecular formula is C33H28ClN3O3S. The van der Waals surface area contributed by atoms with E-state index in [1.54, 1.807) is 4.57 Å². The fraction of sp³-hybridized carbons (Fsp3) is 0.182. The van der Waals surface area contributed by atoms with Crippen LogP contribution in [0, 0.1) is 6.92 Å². The van der Waals surface area contributed by atoms with Gasteiger partial charge in [-0.05, 0) is 48.7 Å². The van der Waals surface area contributed by atoms with E-state index >= 15 is 0 Å². The standard InChI is InChI=1S/C33H28ClN3O3S/c1-4-26-29(32(39)40-3)30(22-10-6-5-7-11-22)37-31(38)28(41-33(37)35-26)18-25-20(2)36(27-13-9-8-12-24(25)27)19-21-14-16-23(34)17-15-21/h5-18,30H,4,19H2,1-3H3/b28-18-/t30-/m0/s1. The zero-order valence-electron chi connectivity index (χ0n) is 22.9. The van der Waals surface area contributed by atoms with Gasteiger partial charge in [0.1, 0.15) is 0 Å². The minimum atomic E-state index is -0.621. The van der Waals surface area contributed by atoms with Gasteiger partial charge in [-0.15, -0.1) is 0 Å². The fourth-order valence-electron chi connectivity index (χ4n) is 5.56. The molecule has 206 valence electrons. The Bertz CT molecular complexity index is 2000. The molecule has 1 atom stereocenters. The first-order valence-electron chi connectivity index (χ1n) is 13.4. The molecule has 0 amide bonds. The maximum absolute atomic E-state index is 14.1. The van der Waals surface area contributed by atoms with Gasteiger partial charge in [-0.3, -0.25) is 9.36 Å². The highest BCUT2D eigenvalue weighted by Crippen LogP contribution is 2.32. The number of aromatic nitrogens is 2. The molecule has 1 aliphatic rings. The highest BCUT2D eigenvalue weighted by molar-refractivity contribution is 7.07. The van der Waals surface area contributed by atoms with Crippen LogP contribution in [0.2, 0.25) is 5.02 Å². The number of rotatable bonds is 6. The number of para-hydroxylation sites is 1. The van der Waals surface area contributed by atoms with Crippen molar-refractivity contribution in [1.29, 1.82) is 0 Å². The zero-order chi connectivity index (χ0) is 28.7. The minimum Gasteiger partial charge on any atom is -0.466 e. The summed E-state index contributed by atoms with van der Waals surface area (Å²) in [7, 11) is 1.36. The maximum atomic E-state index is 14.1. The predicted molar refractivity (Wildman–Crippen MR) is 164 cm³/mol. The number of benzene rings is 3. The summed E-state index contributed by atoms with van der Waals surface area (Å²) in [6.45, 7) is 4.71. The molecule has 0 N–H and O–H groups in total. The van der Waals surface area contributed by atoms with Crippen molar-refractivity contribution in [2.24, 2.45) is 4.99 Å². The van der Waals surface area contributed by atoms with Gasteiger partial charge >= 0.3 is 5.97 Å². The van der Waals surface area contributed by atoms with Gasteiger partial charge in [-0.2, -0.15) is 0 Å². The van der Waals surface area contributed by atoms with Crippen LogP contribution in [0.1, 0.15) is 41.8 Å². The first-order chi connectivity index (χ1) is 19.9. The van der Waals surface area contributed by atoms with E-state index < -0.39 is 12.0 Å². The van der Waals surface area contributed by atoms with E-state index in [0.717, 1.165) is 33.3 Å². The molecule has 0 fully saturated rings. The molecule has 0 unspecified atom stereocenters. The van der Waals surface area contributed by atoms with E-state index in [0.29, 0.717) is 38.6 Å². The van der Waals surface area contributed by atoms with Crippen molar-refractivity contribution in [2.45, 2.75) is 32.9 Å². The Morgan fingerprint density at radius 3 is 2.46 bits per heavy atom. The van der Waals surface area contributed by atoms with Crippen LogP contribution in [-0.2, 0) is 16.1 Å². The van der Waals surface area contributed by atoms with Crippen molar-refractivity contribution in [3.05, 3.63) is 137 Å². The Balaban J connectivity index is 1.56. The van der Waals surface area contributed by atoms with Gasteiger partial charge in [0.2, 0.25) is 0 Å². The van der Waals surface area contributed by atoms with E-state index in [1.807, 2.05) is 79.7 Å². The van der Waals surface area contributed by atoms with Crippen LogP contribution in [0.25, 0.3) is 17.0 Å². The van der Waals surface area contributed by atoms with Gasteiger partial charge < -0.3 is 9.30 Å². The summed E-state index contributed by atoms with van der Waals surface area (Å²) in [5.41, 5.74) is 5.93. The number of carbonyl (C=O) groups is 1. The van der Waals surface area contributed by atoms with Gasteiger partial charge in [0.25, 0.3) is 5.56 Å². The van der Waals surface area contributed by atoms with E-state index in [4.69, 9.17) is 21.3 Å². The normalized spacial score (nSPS) is 15.2. The molecule has 0 saturated heterocycles. The second-order valence-electron chi connectivity index (χ2n) is 9.93. The van der Waals surface area contributed by atoms with Crippen molar-refractivity contribution >= 4 is 45.9 Å². The number of thiazole rings is 1. The molecule has 0 radical (unpaired) electrons. The van der Waals surface area contributed by atoms with Crippen molar-refractivity contribution in [2.75, 3.05) is 7.11 Å². The van der Waals surface area contributed by atoms with Crippen LogP contribution < -0.4 is 14.9 Å². The number of carbonyl (C=O) groups excluding carboxylic acids is 1. The predicted octanol–water partition coefficient (Wildman–Crippen LogP) is 5.76. The van der Waals surface area contributed by atoms with Crippen LogP contribution >= 0.6 is 22.9 Å². The Morgan fingerprint density at radius 1 is 1.05 bits per heavy atom. The quantitative estimate of drug-likeness (QED) is 0.239. The average Bonchev–Trinajstić information content (AvgIpc) is 3.45. The number of allylic oxidation sites excluding steroid dienone is 1. The molecule has 41 heavy (non-hydrogen) atoms. The molecule has 0 bridgehead atoms. The monoisotopic (exact) mass is 581 g/mol. The summed E-state index contributed by atoms with van der Waals surface area (Å²) >= 11 is 7.46. The van der Waals surface area contributed by atoms with Crippen LogP contribution in [0.5, 0.6) is 0 Å². The molecule has 5 aromatic rings. The molecule has 2 aromatic heterocycles. The molecule has 6 nitrogen and oxygen atoms in total. The number of ether oxygens (including phenoxy) is 1. The third kappa shape index (κ3) is 4.75. The largest absolute Gasteiger partial charge is 0.466 e. The number of nitrogens with zero attached hydrogens (tertiary/aromatic N) is 3. The molecule has 3 aromatic carbocycles. The second kappa shape index (κ2) is 11.0. The Hall–Kier alpha value is -4.20.